The van der Waals surface area contributed by atoms with Crippen LogP contribution < -0.4 is 10.9 Å². The van der Waals surface area contributed by atoms with Gasteiger partial charge in [-0.2, -0.15) is 0 Å². The molecule has 1 aliphatic rings. The van der Waals surface area contributed by atoms with Crippen LogP contribution in [0.1, 0.15) is 20.7 Å². The van der Waals surface area contributed by atoms with Crippen molar-refractivity contribution in [1.82, 2.24) is 14.3 Å². The molecule has 160 valence electrons. The van der Waals surface area contributed by atoms with E-state index in [9.17, 15) is 14.4 Å². The summed E-state index contributed by atoms with van der Waals surface area (Å²) in [5.41, 5.74) is 0.778. The zero-order chi connectivity index (χ0) is 22.1. The lowest BCUT2D eigenvalue weighted by molar-refractivity contribution is 0.0302. The Labute approximate surface area is 183 Å². The maximum Gasteiger partial charge on any atom is 0.281 e. The molecule has 1 fully saturated rings. The number of fused-ring (bicyclic) bond motifs is 2. The third-order valence-corrected chi connectivity index (χ3v) is 5.51. The van der Waals surface area contributed by atoms with Gasteiger partial charge in [-0.1, -0.05) is 30.3 Å². The van der Waals surface area contributed by atoms with E-state index in [1.807, 2.05) is 30.3 Å². The number of carbonyl (C=O) groups excluding carboxylic acids is 2. The van der Waals surface area contributed by atoms with Gasteiger partial charge in [0.05, 0.1) is 25.0 Å². The van der Waals surface area contributed by atoms with Crippen molar-refractivity contribution < 1.29 is 14.3 Å². The molecule has 0 unspecified atom stereocenters. The van der Waals surface area contributed by atoms with Gasteiger partial charge in [-0.05, 0) is 35.0 Å². The van der Waals surface area contributed by atoms with Crippen molar-refractivity contribution in [3.63, 3.8) is 0 Å². The normalized spacial score (nSPS) is 13.9. The summed E-state index contributed by atoms with van der Waals surface area (Å²) in [5, 5.41) is 4.60. The van der Waals surface area contributed by atoms with Crippen LogP contribution in [0.15, 0.2) is 71.8 Å². The second-order valence-corrected chi connectivity index (χ2v) is 7.54. The minimum absolute atomic E-state index is 0.0385. The number of nitrogens with zero attached hydrogens (tertiary/aromatic N) is 3. The molecule has 1 aliphatic heterocycles. The maximum absolute atomic E-state index is 13.0. The molecule has 0 radical (unpaired) electrons. The average molecular weight is 428 g/mol. The van der Waals surface area contributed by atoms with Crippen molar-refractivity contribution >= 4 is 33.9 Å². The molecule has 0 spiro atoms. The first kappa shape index (κ1) is 19.9. The molecular formula is C24H20N4O4. The van der Waals surface area contributed by atoms with E-state index in [0.717, 1.165) is 10.8 Å². The predicted octanol–water partition coefficient (Wildman–Crippen LogP) is 2.57. The van der Waals surface area contributed by atoms with Gasteiger partial charge >= 0.3 is 0 Å². The smallest absolute Gasteiger partial charge is 0.281 e. The van der Waals surface area contributed by atoms with Gasteiger partial charge in [-0.25, -0.2) is 4.98 Å². The second-order valence-electron chi connectivity index (χ2n) is 7.54. The number of amides is 2. The van der Waals surface area contributed by atoms with E-state index in [1.165, 1.54) is 16.8 Å². The number of hydrogen-bond acceptors (Lipinski definition) is 5. The summed E-state index contributed by atoms with van der Waals surface area (Å²) in [6, 6.07) is 16.3. The Kier molecular flexibility index (Phi) is 5.12. The number of carbonyl (C=O) groups is 2. The molecule has 0 atom stereocenters. The number of rotatable bonds is 3. The highest BCUT2D eigenvalue weighted by atomic mass is 16.5. The third kappa shape index (κ3) is 3.72. The van der Waals surface area contributed by atoms with Crippen molar-refractivity contribution in [1.29, 1.82) is 0 Å². The number of anilines is 1. The van der Waals surface area contributed by atoms with Crippen LogP contribution in [0.25, 0.3) is 16.4 Å². The van der Waals surface area contributed by atoms with Crippen LogP contribution in [-0.4, -0.2) is 52.4 Å². The Morgan fingerprint density at radius 1 is 0.938 bits per heavy atom. The molecule has 0 saturated carbocycles. The number of nitrogens with one attached hydrogen (secondary N) is 1. The molecule has 5 rings (SSSR count). The Balaban J connectivity index is 1.44. The summed E-state index contributed by atoms with van der Waals surface area (Å²) in [4.78, 5) is 44.5. The topological polar surface area (TPSA) is 93.0 Å². The predicted molar refractivity (Wildman–Crippen MR) is 120 cm³/mol. The lowest BCUT2D eigenvalue weighted by Crippen LogP contribution is -2.40. The van der Waals surface area contributed by atoms with Gasteiger partial charge in [0.1, 0.15) is 11.3 Å². The first-order chi connectivity index (χ1) is 15.6. The number of ether oxygens (including phenoxy) is 1. The number of hydrogen-bond donors (Lipinski definition) is 1. The molecular weight excluding hydrogens is 408 g/mol. The summed E-state index contributed by atoms with van der Waals surface area (Å²) >= 11 is 0. The number of morpholine rings is 1. The minimum atomic E-state index is -0.458. The molecule has 2 aromatic carbocycles. The van der Waals surface area contributed by atoms with Gasteiger partial charge in [-0.15, -0.1) is 0 Å². The molecule has 32 heavy (non-hydrogen) atoms. The number of pyridine rings is 1. The summed E-state index contributed by atoms with van der Waals surface area (Å²) in [6.07, 6.45) is 2.80. The molecule has 1 N–H and O–H groups in total. The van der Waals surface area contributed by atoms with E-state index in [2.05, 4.69) is 10.3 Å². The lowest BCUT2D eigenvalue weighted by atomic mass is 10.1. The lowest BCUT2D eigenvalue weighted by Gasteiger charge is -2.26. The SMILES string of the molecule is O=C(Nc1cnc2ccc(C(=O)N3CCOCC3)cn2c1=O)c1ccc2ccccc2c1. The van der Waals surface area contributed by atoms with Crippen LogP contribution in [-0.2, 0) is 4.74 Å². The van der Waals surface area contributed by atoms with Gasteiger partial charge in [0, 0.05) is 24.8 Å². The molecule has 1 saturated heterocycles. The van der Waals surface area contributed by atoms with Gasteiger partial charge in [0.25, 0.3) is 17.4 Å². The molecule has 0 bridgehead atoms. The zero-order valence-electron chi connectivity index (χ0n) is 17.2. The highest BCUT2D eigenvalue weighted by Crippen LogP contribution is 2.16. The summed E-state index contributed by atoms with van der Waals surface area (Å²) in [7, 11) is 0. The van der Waals surface area contributed by atoms with Crippen LogP contribution in [0.2, 0.25) is 0 Å². The molecule has 2 aromatic heterocycles. The van der Waals surface area contributed by atoms with Crippen LogP contribution in [0.3, 0.4) is 0 Å². The quantitative estimate of drug-likeness (QED) is 0.541. The molecule has 8 heteroatoms. The summed E-state index contributed by atoms with van der Waals surface area (Å²) in [5.74, 6) is -0.581. The molecule has 0 aliphatic carbocycles. The maximum atomic E-state index is 13.0. The standard InChI is InChI=1S/C24H20N4O4/c29-22(18-6-5-16-3-1-2-4-17(16)13-18)26-20-14-25-21-8-7-19(15-28(21)24(20)31)23(30)27-9-11-32-12-10-27/h1-8,13-15H,9-12H2,(H,26,29). The van der Waals surface area contributed by atoms with E-state index in [1.54, 1.807) is 29.2 Å². The molecule has 8 nitrogen and oxygen atoms in total. The van der Waals surface area contributed by atoms with Crippen molar-refractivity contribution in [3.05, 3.63) is 88.5 Å². The highest BCUT2D eigenvalue weighted by Gasteiger charge is 2.19. The van der Waals surface area contributed by atoms with E-state index in [0.29, 0.717) is 43.1 Å². The Morgan fingerprint density at radius 2 is 1.69 bits per heavy atom. The minimum Gasteiger partial charge on any atom is -0.378 e. The van der Waals surface area contributed by atoms with E-state index >= 15 is 0 Å². The van der Waals surface area contributed by atoms with Crippen LogP contribution in [0.5, 0.6) is 0 Å². The van der Waals surface area contributed by atoms with Gasteiger partial charge in [0.2, 0.25) is 0 Å². The van der Waals surface area contributed by atoms with Crippen molar-refractivity contribution in [2.45, 2.75) is 0 Å². The first-order valence-corrected chi connectivity index (χ1v) is 10.3. The van der Waals surface area contributed by atoms with Crippen molar-refractivity contribution in [3.8, 4) is 0 Å². The first-order valence-electron chi connectivity index (χ1n) is 10.3. The summed E-state index contributed by atoms with van der Waals surface area (Å²) < 4.78 is 6.57. The third-order valence-electron chi connectivity index (χ3n) is 5.51. The Bertz CT molecular complexity index is 1410. The largest absolute Gasteiger partial charge is 0.378 e. The zero-order valence-corrected chi connectivity index (χ0v) is 17.2. The average Bonchev–Trinajstić information content (AvgIpc) is 2.85. The van der Waals surface area contributed by atoms with Crippen molar-refractivity contribution in [2.75, 3.05) is 31.6 Å². The van der Waals surface area contributed by atoms with Crippen LogP contribution in [0, 0.1) is 0 Å². The summed E-state index contributed by atoms with van der Waals surface area (Å²) in [6.45, 7) is 2.00. The fourth-order valence-electron chi connectivity index (χ4n) is 3.76. The number of aromatic nitrogens is 2. The van der Waals surface area contributed by atoms with Crippen molar-refractivity contribution in [2.24, 2.45) is 0 Å². The fourth-order valence-corrected chi connectivity index (χ4v) is 3.76. The van der Waals surface area contributed by atoms with Gasteiger partial charge in [-0.3, -0.25) is 18.8 Å². The fraction of sp³-hybridized carbons (Fsp3) is 0.167. The van der Waals surface area contributed by atoms with E-state index < -0.39 is 11.5 Å². The monoisotopic (exact) mass is 428 g/mol. The van der Waals surface area contributed by atoms with E-state index in [-0.39, 0.29) is 11.6 Å². The molecule has 3 heterocycles. The van der Waals surface area contributed by atoms with Gasteiger partial charge in [0.15, 0.2) is 0 Å². The van der Waals surface area contributed by atoms with Crippen LogP contribution in [0.4, 0.5) is 5.69 Å². The second kappa shape index (κ2) is 8.24. The Hall–Kier alpha value is -4.04. The molecule has 2 amide bonds. The highest BCUT2D eigenvalue weighted by molar-refractivity contribution is 6.06. The van der Waals surface area contributed by atoms with E-state index in [4.69, 9.17) is 4.74 Å². The van der Waals surface area contributed by atoms with Crippen LogP contribution >= 0.6 is 0 Å². The molecule has 4 aromatic rings. The van der Waals surface area contributed by atoms with Gasteiger partial charge < -0.3 is 15.0 Å². The Morgan fingerprint density at radius 3 is 2.50 bits per heavy atom. The number of benzene rings is 2.